The van der Waals surface area contributed by atoms with E-state index in [4.69, 9.17) is 5.11 Å². The Morgan fingerprint density at radius 3 is 2.83 bits per heavy atom. The molecule has 0 saturated carbocycles. The quantitative estimate of drug-likeness (QED) is 0.773. The Labute approximate surface area is 125 Å². The summed E-state index contributed by atoms with van der Waals surface area (Å²) in [7, 11) is 0. The molecule has 5 nitrogen and oxygen atoms in total. The number of carboxylic acid groups (broad SMARTS) is 1. The van der Waals surface area contributed by atoms with Crippen molar-refractivity contribution < 1.29 is 9.90 Å². The lowest BCUT2D eigenvalue weighted by atomic mass is 10.3. The molecule has 7 heteroatoms. The lowest BCUT2D eigenvalue weighted by Crippen LogP contribution is -2.03. The number of nitrogens with zero attached hydrogens (tertiary/aromatic N) is 3. The molecule has 1 aromatic carbocycles. The van der Waals surface area contributed by atoms with E-state index in [0.29, 0.717) is 12.2 Å². The average Bonchev–Trinajstić information content (AvgIpc) is 2.77. The van der Waals surface area contributed by atoms with Crippen LogP contribution in [0, 0.1) is 3.57 Å². The number of halogens is 2. The molecular weight excluding hydrogens is 413 g/mol. The van der Waals surface area contributed by atoms with E-state index in [2.05, 4.69) is 48.6 Å². The van der Waals surface area contributed by atoms with Gasteiger partial charge >= 0.3 is 5.97 Å². The second kappa shape index (κ2) is 5.35. The minimum Gasteiger partial charge on any atom is -0.475 e. The standard InChI is InChI=1S/C11H9BrIN3O2/c1-2-9-14-10(11(17)18)15-16(9)6-3-4-7(12)8(13)5-6/h3-5H,2H2,1H3,(H,17,18). The Morgan fingerprint density at radius 2 is 2.28 bits per heavy atom. The summed E-state index contributed by atoms with van der Waals surface area (Å²) in [6, 6.07) is 5.69. The van der Waals surface area contributed by atoms with Gasteiger partial charge in [-0.3, -0.25) is 0 Å². The van der Waals surface area contributed by atoms with E-state index >= 15 is 0 Å². The van der Waals surface area contributed by atoms with Gasteiger partial charge in [-0.05, 0) is 56.7 Å². The van der Waals surface area contributed by atoms with Crippen molar-refractivity contribution in [1.29, 1.82) is 0 Å². The lowest BCUT2D eigenvalue weighted by molar-refractivity contribution is 0.0683. The first-order valence-electron chi connectivity index (χ1n) is 5.17. The number of aromatic nitrogens is 3. The molecule has 0 atom stereocenters. The van der Waals surface area contributed by atoms with Crippen molar-refractivity contribution in [2.75, 3.05) is 0 Å². The first-order valence-corrected chi connectivity index (χ1v) is 7.04. The number of carbonyl (C=O) groups is 1. The smallest absolute Gasteiger partial charge is 0.375 e. The van der Waals surface area contributed by atoms with E-state index in [1.165, 1.54) is 0 Å². The summed E-state index contributed by atoms with van der Waals surface area (Å²) in [6.07, 6.45) is 0.618. The van der Waals surface area contributed by atoms with E-state index < -0.39 is 5.97 Å². The van der Waals surface area contributed by atoms with Gasteiger partial charge in [-0.25, -0.2) is 14.5 Å². The predicted molar refractivity (Wildman–Crippen MR) is 78.1 cm³/mol. The highest BCUT2D eigenvalue weighted by Crippen LogP contribution is 2.22. The molecule has 0 saturated heterocycles. The maximum absolute atomic E-state index is 10.9. The normalized spacial score (nSPS) is 10.6. The van der Waals surface area contributed by atoms with Gasteiger partial charge in [0.25, 0.3) is 5.82 Å². The molecule has 0 spiro atoms. The predicted octanol–water partition coefficient (Wildman–Crippen LogP) is 2.90. The molecule has 0 aliphatic heterocycles. The molecule has 0 amide bonds. The molecule has 1 heterocycles. The number of hydrogen-bond donors (Lipinski definition) is 1. The summed E-state index contributed by atoms with van der Waals surface area (Å²) in [5, 5.41) is 12.9. The van der Waals surface area contributed by atoms with Gasteiger partial charge in [0.15, 0.2) is 0 Å². The molecule has 0 aliphatic rings. The zero-order valence-corrected chi connectivity index (χ0v) is 13.1. The SMILES string of the molecule is CCc1nc(C(=O)O)nn1-c1ccc(Br)c(I)c1. The Bertz CT molecular complexity index is 612. The van der Waals surface area contributed by atoms with Crippen molar-refractivity contribution >= 4 is 44.5 Å². The van der Waals surface area contributed by atoms with Crippen molar-refractivity contribution in [3.8, 4) is 5.69 Å². The molecule has 0 fully saturated rings. The molecule has 0 aliphatic carbocycles. The van der Waals surface area contributed by atoms with E-state index in [1.54, 1.807) is 4.68 Å². The van der Waals surface area contributed by atoms with Gasteiger partial charge < -0.3 is 5.11 Å². The van der Waals surface area contributed by atoms with Crippen molar-refractivity contribution in [3.63, 3.8) is 0 Å². The minimum absolute atomic E-state index is 0.176. The highest BCUT2D eigenvalue weighted by atomic mass is 127. The largest absolute Gasteiger partial charge is 0.475 e. The second-order valence-corrected chi connectivity index (χ2v) is 5.54. The lowest BCUT2D eigenvalue weighted by Gasteiger charge is -2.05. The Balaban J connectivity index is 2.55. The van der Waals surface area contributed by atoms with E-state index in [1.807, 2.05) is 25.1 Å². The van der Waals surface area contributed by atoms with Gasteiger partial charge in [0, 0.05) is 14.5 Å². The summed E-state index contributed by atoms with van der Waals surface area (Å²) in [4.78, 5) is 14.9. The van der Waals surface area contributed by atoms with Crippen LogP contribution in [0.3, 0.4) is 0 Å². The molecule has 0 radical (unpaired) electrons. The molecule has 2 aromatic rings. The molecule has 1 aromatic heterocycles. The summed E-state index contributed by atoms with van der Waals surface area (Å²) < 4.78 is 3.58. The summed E-state index contributed by atoms with van der Waals surface area (Å²) in [5.41, 5.74) is 0.805. The van der Waals surface area contributed by atoms with E-state index in [-0.39, 0.29) is 5.82 Å². The molecule has 0 unspecified atom stereocenters. The van der Waals surface area contributed by atoms with Crippen molar-refractivity contribution in [2.24, 2.45) is 0 Å². The molecule has 18 heavy (non-hydrogen) atoms. The zero-order valence-electron chi connectivity index (χ0n) is 9.39. The van der Waals surface area contributed by atoms with Gasteiger partial charge in [-0.1, -0.05) is 6.92 Å². The molecule has 2 rings (SSSR count). The fourth-order valence-electron chi connectivity index (χ4n) is 1.49. The number of aryl methyl sites for hydroxylation is 1. The van der Waals surface area contributed by atoms with Crippen molar-refractivity contribution in [2.45, 2.75) is 13.3 Å². The van der Waals surface area contributed by atoms with Crippen molar-refractivity contribution in [3.05, 3.63) is 37.9 Å². The van der Waals surface area contributed by atoms with Crippen LogP contribution in [0.2, 0.25) is 0 Å². The van der Waals surface area contributed by atoms with Gasteiger partial charge in [-0.15, -0.1) is 5.10 Å². The van der Waals surface area contributed by atoms with Gasteiger partial charge in [0.05, 0.1) is 5.69 Å². The summed E-state index contributed by atoms with van der Waals surface area (Å²) in [5.74, 6) is -0.662. The highest BCUT2D eigenvalue weighted by Gasteiger charge is 2.15. The topological polar surface area (TPSA) is 68.0 Å². The summed E-state index contributed by atoms with van der Waals surface area (Å²) >= 11 is 5.62. The third-order valence-corrected chi connectivity index (χ3v) is 4.65. The monoisotopic (exact) mass is 421 g/mol. The third kappa shape index (κ3) is 2.56. The van der Waals surface area contributed by atoms with Gasteiger partial charge in [0.1, 0.15) is 5.82 Å². The Morgan fingerprint density at radius 1 is 1.56 bits per heavy atom. The molecular formula is C11H9BrIN3O2. The maximum Gasteiger partial charge on any atom is 0.375 e. The first-order chi connectivity index (χ1) is 8.52. The summed E-state index contributed by atoms with van der Waals surface area (Å²) in [6.45, 7) is 1.91. The maximum atomic E-state index is 10.9. The fraction of sp³-hybridized carbons (Fsp3) is 0.182. The van der Waals surface area contributed by atoms with Crippen LogP contribution < -0.4 is 0 Å². The van der Waals surface area contributed by atoms with E-state index in [9.17, 15) is 4.79 Å². The van der Waals surface area contributed by atoms with Crippen LogP contribution in [0.5, 0.6) is 0 Å². The Kier molecular flexibility index (Phi) is 4.00. The molecule has 94 valence electrons. The minimum atomic E-state index is -1.12. The number of benzene rings is 1. The molecule has 1 N–H and O–H groups in total. The van der Waals surface area contributed by atoms with Crippen LogP contribution >= 0.6 is 38.5 Å². The first kappa shape index (κ1) is 13.5. The van der Waals surface area contributed by atoms with Crippen LogP contribution in [0.4, 0.5) is 0 Å². The molecule has 0 bridgehead atoms. The second-order valence-electron chi connectivity index (χ2n) is 3.52. The van der Waals surface area contributed by atoms with Crippen LogP contribution in [0.25, 0.3) is 5.69 Å². The van der Waals surface area contributed by atoms with Crippen LogP contribution in [-0.2, 0) is 6.42 Å². The average molecular weight is 422 g/mol. The fourth-order valence-corrected chi connectivity index (χ4v) is 2.23. The number of hydrogen-bond acceptors (Lipinski definition) is 3. The van der Waals surface area contributed by atoms with Crippen molar-refractivity contribution in [1.82, 2.24) is 14.8 Å². The van der Waals surface area contributed by atoms with Crippen LogP contribution in [0.15, 0.2) is 22.7 Å². The number of rotatable bonds is 3. The number of aromatic carboxylic acids is 1. The highest BCUT2D eigenvalue weighted by molar-refractivity contribution is 14.1. The third-order valence-electron chi connectivity index (χ3n) is 2.33. The number of carboxylic acids is 1. The van der Waals surface area contributed by atoms with Gasteiger partial charge in [-0.2, -0.15) is 0 Å². The van der Waals surface area contributed by atoms with Gasteiger partial charge in [0.2, 0.25) is 0 Å². The zero-order chi connectivity index (χ0) is 13.3. The van der Waals surface area contributed by atoms with Crippen LogP contribution in [0.1, 0.15) is 23.4 Å². The van der Waals surface area contributed by atoms with Crippen LogP contribution in [-0.4, -0.2) is 25.8 Å². The van der Waals surface area contributed by atoms with E-state index in [0.717, 1.165) is 13.7 Å². The Hall–Kier alpha value is -0.960.